The molecule has 2 aliphatic rings. The van der Waals surface area contributed by atoms with Crippen LogP contribution in [0, 0.1) is 5.92 Å². The van der Waals surface area contributed by atoms with Crippen molar-refractivity contribution in [2.45, 2.75) is 12.8 Å². The predicted molar refractivity (Wildman–Crippen MR) is 141 cm³/mol. The van der Waals surface area contributed by atoms with Crippen molar-refractivity contribution >= 4 is 23.2 Å². The second-order valence-corrected chi connectivity index (χ2v) is 9.60. The van der Waals surface area contributed by atoms with E-state index in [1.807, 2.05) is 48.5 Å². The molecule has 0 unspecified atom stereocenters. The number of benzene rings is 1. The lowest BCUT2D eigenvalue weighted by Crippen LogP contribution is -2.45. The lowest BCUT2D eigenvalue weighted by atomic mass is 9.96. The van der Waals surface area contributed by atoms with Gasteiger partial charge in [-0.1, -0.05) is 30.3 Å². The van der Waals surface area contributed by atoms with E-state index in [1.165, 1.54) is 0 Å². The van der Waals surface area contributed by atoms with Gasteiger partial charge in [-0.25, -0.2) is 0 Å². The number of amides is 2. The molecule has 0 aliphatic carbocycles. The van der Waals surface area contributed by atoms with E-state index in [-0.39, 0.29) is 17.7 Å². The molecule has 2 amide bonds. The second kappa shape index (κ2) is 10.9. The minimum atomic E-state index is -0.274. The Morgan fingerprint density at radius 3 is 2.56 bits per heavy atom. The summed E-state index contributed by atoms with van der Waals surface area (Å²) in [4.78, 5) is 41.4. The molecule has 4 heterocycles. The molecule has 2 aromatic heterocycles. The van der Waals surface area contributed by atoms with Crippen molar-refractivity contribution in [2.24, 2.45) is 5.92 Å². The Bertz CT molecular complexity index is 1210. The van der Waals surface area contributed by atoms with Crippen LogP contribution in [-0.4, -0.2) is 77.9 Å². The molecule has 8 nitrogen and oxygen atoms in total. The number of rotatable bonds is 5. The number of nitrogens with zero attached hydrogens (tertiary/aromatic N) is 5. The molecular formula is C28H32N6O2. The highest BCUT2D eigenvalue weighted by atomic mass is 16.2. The Morgan fingerprint density at radius 2 is 1.75 bits per heavy atom. The largest absolute Gasteiger partial charge is 0.369 e. The zero-order valence-electron chi connectivity index (χ0n) is 20.6. The SMILES string of the molecule is CN1CCN(c2ccnc(C(=O)N3CCC[C@H](C(=O)Nc4cncc(-c5ccccc5)c4)C3)c2)CC1. The second-order valence-electron chi connectivity index (χ2n) is 9.60. The summed E-state index contributed by atoms with van der Waals surface area (Å²) in [5, 5.41) is 3.01. The van der Waals surface area contributed by atoms with Crippen LogP contribution in [-0.2, 0) is 4.79 Å². The van der Waals surface area contributed by atoms with Gasteiger partial charge in [-0.05, 0) is 43.7 Å². The smallest absolute Gasteiger partial charge is 0.272 e. The maximum absolute atomic E-state index is 13.3. The van der Waals surface area contributed by atoms with E-state index in [0.717, 1.165) is 55.8 Å². The molecule has 0 radical (unpaired) electrons. The number of likely N-dealkylation sites (tertiary alicyclic amines) is 1. The third-order valence-corrected chi connectivity index (χ3v) is 7.02. The highest BCUT2D eigenvalue weighted by Crippen LogP contribution is 2.24. The van der Waals surface area contributed by atoms with Crippen LogP contribution in [0.1, 0.15) is 23.3 Å². The molecule has 36 heavy (non-hydrogen) atoms. The lowest BCUT2D eigenvalue weighted by molar-refractivity contribution is -0.121. The van der Waals surface area contributed by atoms with Gasteiger partial charge in [0.05, 0.1) is 17.8 Å². The van der Waals surface area contributed by atoms with Crippen molar-refractivity contribution in [3.8, 4) is 11.1 Å². The van der Waals surface area contributed by atoms with Crippen LogP contribution in [0.2, 0.25) is 0 Å². The topological polar surface area (TPSA) is 81.7 Å². The highest BCUT2D eigenvalue weighted by Gasteiger charge is 2.30. The zero-order valence-corrected chi connectivity index (χ0v) is 20.6. The van der Waals surface area contributed by atoms with Crippen molar-refractivity contribution in [3.63, 3.8) is 0 Å². The molecule has 2 saturated heterocycles. The van der Waals surface area contributed by atoms with Crippen molar-refractivity contribution < 1.29 is 9.59 Å². The molecular weight excluding hydrogens is 452 g/mol. The van der Waals surface area contributed by atoms with Crippen LogP contribution < -0.4 is 10.2 Å². The van der Waals surface area contributed by atoms with Crippen LogP contribution in [0.5, 0.6) is 0 Å². The van der Waals surface area contributed by atoms with Gasteiger partial charge in [-0.15, -0.1) is 0 Å². The van der Waals surface area contributed by atoms with E-state index >= 15 is 0 Å². The van der Waals surface area contributed by atoms with Gasteiger partial charge in [0.1, 0.15) is 5.69 Å². The Labute approximate surface area is 212 Å². The summed E-state index contributed by atoms with van der Waals surface area (Å²) in [6.45, 7) is 4.88. The molecule has 2 fully saturated rings. The van der Waals surface area contributed by atoms with Gasteiger partial charge in [-0.2, -0.15) is 0 Å². The third kappa shape index (κ3) is 5.54. The van der Waals surface area contributed by atoms with E-state index in [2.05, 4.69) is 32.1 Å². The zero-order chi connectivity index (χ0) is 24.9. The number of likely N-dealkylation sites (N-methyl/N-ethyl adjacent to an activating group) is 1. The van der Waals surface area contributed by atoms with Crippen molar-refractivity contribution in [3.05, 3.63) is 72.8 Å². The fraction of sp³-hybridized carbons (Fsp3) is 0.357. The van der Waals surface area contributed by atoms with E-state index in [9.17, 15) is 9.59 Å². The molecule has 0 spiro atoms. The highest BCUT2D eigenvalue weighted by molar-refractivity contribution is 5.96. The Kier molecular flexibility index (Phi) is 7.23. The van der Waals surface area contributed by atoms with E-state index in [1.54, 1.807) is 23.5 Å². The van der Waals surface area contributed by atoms with E-state index < -0.39 is 0 Å². The van der Waals surface area contributed by atoms with Crippen LogP contribution in [0.15, 0.2) is 67.1 Å². The van der Waals surface area contributed by atoms with Crippen molar-refractivity contribution in [1.29, 1.82) is 0 Å². The number of pyridine rings is 2. The minimum Gasteiger partial charge on any atom is -0.369 e. The number of carbonyl (C=O) groups is 2. The molecule has 5 rings (SSSR count). The third-order valence-electron chi connectivity index (χ3n) is 7.02. The molecule has 0 saturated carbocycles. The van der Waals surface area contributed by atoms with Gasteiger partial charge in [0, 0.05) is 62.9 Å². The summed E-state index contributed by atoms with van der Waals surface area (Å²) >= 11 is 0. The van der Waals surface area contributed by atoms with Crippen LogP contribution in [0.3, 0.4) is 0 Å². The molecule has 3 aromatic rings. The Hall–Kier alpha value is -3.78. The fourth-order valence-corrected chi connectivity index (χ4v) is 4.88. The summed E-state index contributed by atoms with van der Waals surface area (Å²) in [5.74, 6) is -0.473. The van der Waals surface area contributed by atoms with E-state index in [4.69, 9.17) is 0 Å². The maximum Gasteiger partial charge on any atom is 0.272 e. The number of anilines is 2. The van der Waals surface area contributed by atoms with E-state index in [0.29, 0.717) is 24.5 Å². The summed E-state index contributed by atoms with van der Waals surface area (Å²) in [6, 6.07) is 15.7. The number of hydrogen-bond acceptors (Lipinski definition) is 6. The van der Waals surface area contributed by atoms with Gasteiger partial charge < -0.3 is 20.0 Å². The molecule has 1 N–H and O–H groups in total. The van der Waals surface area contributed by atoms with Crippen molar-refractivity contribution in [1.82, 2.24) is 19.8 Å². The Balaban J connectivity index is 1.23. The number of carbonyl (C=O) groups excluding carboxylic acids is 2. The van der Waals surface area contributed by atoms with Crippen LogP contribution in [0.25, 0.3) is 11.1 Å². The molecule has 1 aromatic carbocycles. The predicted octanol–water partition coefficient (Wildman–Crippen LogP) is 3.39. The summed E-state index contributed by atoms with van der Waals surface area (Å²) in [6.07, 6.45) is 6.68. The first-order chi connectivity index (χ1) is 17.6. The maximum atomic E-state index is 13.3. The normalized spacial score (nSPS) is 18.6. The first kappa shape index (κ1) is 23.9. The van der Waals surface area contributed by atoms with Crippen LogP contribution >= 0.6 is 0 Å². The molecule has 1 atom stereocenters. The standard InChI is InChI=1S/C28H32N6O2/c1-32-12-14-33(15-13-32)25-9-10-30-26(17-25)28(36)34-11-5-8-22(20-34)27(35)31-24-16-23(18-29-19-24)21-6-3-2-4-7-21/h2-4,6-7,9-10,16-19,22H,5,8,11-15,20H2,1H3,(H,31,35)/t22-/m0/s1. The summed E-state index contributed by atoms with van der Waals surface area (Å²) in [5.41, 5.74) is 4.11. The molecule has 2 aliphatic heterocycles. The number of piperidine rings is 1. The monoisotopic (exact) mass is 484 g/mol. The van der Waals surface area contributed by atoms with Gasteiger partial charge >= 0.3 is 0 Å². The number of piperazine rings is 1. The molecule has 8 heteroatoms. The Morgan fingerprint density at radius 1 is 0.944 bits per heavy atom. The fourth-order valence-electron chi connectivity index (χ4n) is 4.88. The minimum absolute atomic E-state index is 0.0846. The number of aromatic nitrogens is 2. The van der Waals surface area contributed by atoms with Gasteiger partial charge in [-0.3, -0.25) is 19.6 Å². The first-order valence-electron chi connectivity index (χ1n) is 12.6. The number of hydrogen-bond donors (Lipinski definition) is 1. The number of nitrogens with one attached hydrogen (secondary N) is 1. The molecule has 0 bridgehead atoms. The van der Waals surface area contributed by atoms with Gasteiger partial charge in [0.2, 0.25) is 5.91 Å². The van der Waals surface area contributed by atoms with Gasteiger partial charge in [0.15, 0.2) is 0 Å². The van der Waals surface area contributed by atoms with Crippen LogP contribution in [0.4, 0.5) is 11.4 Å². The summed E-state index contributed by atoms with van der Waals surface area (Å²) in [7, 11) is 2.12. The average Bonchev–Trinajstić information content (AvgIpc) is 2.94. The quantitative estimate of drug-likeness (QED) is 0.598. The summed E-state index contributed by atoms with van der Waals surface area (Å²) < 4.78 is 0. The lowest BCUT2D eigenvalue weighted by Gasteiger charge is -2.34. The average molecular weight is 485 g/mol. The van der Waals surface area contributed by atoms with Crippen molar-refractivity contribution in [2.75, 3.05) is 56.5 Å². The first-order valence-corrected chi connectivity index (χ1v) is 12.6. The molecule has 186 valence electrons. The van der Waals surface area contributed by atoms with Gasteiger partial charge in [0.25, 0.3) is 5.91 Å².